The van der Waals surface area contributed by atoms with Gasteiger partial charge in [0.05, 0.1) is 10.4 Å². The Morgan fingerprint density at radius 3 is 2.60 bits per heavy atom. The minimum Gasteiger partial charge on any atom is -1.00 e. The molecule has 20 heavy (non-hydrogen) atoms. The van der Waals surface area contributed by atoms with Crippen LogP contribution in [0.3, 0.4) is 0 Å². The van der Waals surface area contributed by atoms with Crippen molar-refractivity contribution >= 4 is 56.0 Å². The van der Waals surface area contributed by atoms with Crippen LogP contribution >= 0.6 is 23.2 Å². The molecule has 0 spiro atoms. The van der Waals surface area contributed by atoms with Gasteiger partial charge in [0.25, 0.3) is 5.65 Å². The molecule has 2 N–H and O–H groups in total. The minimum absolute atomic E-state index is 0. The molecule has 0 fully saturated rings. The van der Waals surface area contributed by atoms with E-state index in [2.05, 4.69) is 28.2 Å². The summed E-state index contributed by atoms with van der Waals surface area (Å²) in [4.78, 5) is 6.71. The van der Waals surface area contributed by atoms with Crippen LogP contribution in [-0.4, -0.2) is 4.98 Å². The average Bonchev–Trinajstić information content (AvgIpc) is 2.74. The van der Waals surface area contributed by atoms with Gasteiger partial charge in [-0.2, -0.15) is 0 Å². The minimum atomic E-state index is 0. The molecule has 0 aliphatic heterocycles. The summed E-state index contributed by atoms with van der Waals surface area (Å²) in [6.07, 6.45) is 0. The molecule has 0 saturated heterocycles. The number of para-hydroxylation sites is 1. The molecule has 5 heteroatoms. The van der Waals surface area contributed by atoms with Gasteiger partial charge in [-0.15, -0.1) is 0 Å². The topological polar surface area (TPSA) is 29.9 Å². The first kappa shape index (κ1) is 13.5. The molecule has 2 heterocycles. The number of H-pyrrole nitrogens is 2. The zero-order valence-electron chi connectivity index (χ0n) is 10.2. The molecule has 0 saturated carbocycles. The SMILES string of the molecule is Clc1cc(Cl)c2[nH+]c3[nH]c4ccccc4c3cc2c1.[Cl-]. The van der Waals surface area contributed by atoms with Gasteiger partial charge in [0.15, 0.2) is 5.52 Å². The van der Waals surface area contributed by atoms with Gasteiger partial charge in [-0.25, -0.2) is 9.97 Å². The molecule has 4 rings (SSSR count). The molecule has 0 unspecified atom stereocenters. The van der Waals surface area contributed by atoms with E-state index in [0.717, 1.165) is 27.5 Å². The summed E-state index contributed by atoms with van der Waals surface area (Å²) in [6.45, 7) is 0. The van der Waals surface area contributed by atoms with E-state index in [-0.39, 0.29) is 12.4 Å². The molecule has 0 bridgehead atoms. The Bertz CT molecular complexity index is 944. The summed E-state index contributed by atoms with van der Waals surface area (Å²) in [6, 6.07) is 14.0. The van der Waals surface area contributed by atoms with Crippen molar-refractivity contribution in [1.29, 1.82) is 0 Å². The maximum absolute atomic E-state index is 6.23. The fourth-order valence-electron chi connectivity index (χ4n) is 2.53. The number of pyridine rings is 1. The maximum Gasteiger partial charge on any atom is 0.286 e. The lowest BCUT2D eigenvalue weighted by molar-refractivity contribution is -0.313. The fraction of sp³-hybridized carbons (Fsp3) is 0. The van der Waals surface area contributed by atoms with Gasteiger partial charge in [-0.05, 0) is 30.3 Å². The van der Waals surface area contributed by atoms with Crippen LogP contribution in [0.1, 0.15) is 0 Å². The first-order valence-corrected chi connectivity index (χ1v) is 6.69. The predicted molar refractivity (Wildman–Crippen MR) is 79.9 cm³/mol. The number of hydrogen-bond donors (Lipinski definition) is 1. The smallest absolute Gasteiger partial charge is 0.286 e. The van der Waals surface area contributed by atoms with Crippen molar-refractivity contribution in [1.82, 2.24) is 4.98 Å². The molecule has 2 nitrogen and oxygen atoms in total. The Morgan fingerprint density at radius 2 is 1.75 bits per heavy atom. The second-order valence-electron chi connectivity index (χ2n) is 4.58. The Balaban J connectivity index is 0.00000121. The number of halogens is 3. The first-order valence-electron chi connectivity index (χ1n) is 5.94. The molecule has 0 atom stereocenters. The summed E-state index contributed by atoms with van der Waals surface area (Å²) in [5.41, 5.74) is 2.97. The Hall–Kier alpha value is -1.48. The third kappa shape index (κ3) is 1.92. The Morgan fingerprint density at radius 1 is 0.950 bits per heavy atom. The van der Waals surface area contributed by atoms with Crippen molar-refractivity contribution in [3.63, 3.8) is 0 Å². The van der Waals surface area contributed by atoms with E-state index in [1.165, 1.54) is 5.39 Å². The normalized spacial score (nSPS) is 11.1. The van der Waals surface area contributed by atoms with Gasteiger partial charge >= 0.3 is 0 Å². The fourth-order valence-corrected chi connectivity index (χ4v) is 3.09. The number of rotatable bonds is 0. The highest BCUT2D eigenvalue weighted by Gasteiger charge is 2.14. The van der Waals surface area contributed by atoms with Crippen LogP contribution < -0.4 is 17.4 Å². The highest BCUT2D eigenvalue weighted by Crippen LogP contribution is 2.29. The van der Waals surface area contributed by atoms with Crippen molar-refractivity contribution in [2.45, 2.75) is 0 Å². The number of aromatic amines is 2. The second kappa shape index (κ2) is 4.81. The molecule has 100 valence electrons. The standard InChI is InChI=1S/C15H8Cl2N2.ClH/c16-9-5-8-6-11-10-3-1-2-4-13(10)18-15(11)19-14(8)12(17)7-9;/h1-7H,(H,18,19);1H. The van der Waals surface area contributed by atoms with Crippen LogP contribution in [0.15, 0.2) is 42.5 Å². The van der Waals surface area contributed by atoms with Crippen molar-refractivity contribution in [2.24, 2.45) is 0 Å². The number of hydrogen-bond acceptors (Lipinski definition) is 0. The average molecular weight is 324 g/mol. The van der Waals surface area contributed by atoms with E-state index >= 15 is 0 Å². The van der Waals surface area contributed by atoms with E-state index < -0.39 is 0 Å². The molecular formula is C15H9Cl3N2. The van der Waals surface area contributed by atoms with Gasteiger partial charge in [-0.3, -0.25) is 0 Å². The number of aromatic nitrogens is 2. The predicted octanol–water partition coefficient (Wildman–Crippen LogP) is 1.60. The van der Waals surface area contributed by atoms with E-state index in [4.69, 9.17) is 23.2 Å². The van der Waals surface area contributed by atoms with Gasteiger partial charge in [0, 0.05) is 15.8 Å². The van der Waals surface area contributed by atoms with Gasteiger partial charge in [0.2, 0.25) is 0 Å². The van der Waals surface area contributed by atoms with Crippen LogP contribution in [0.5, 0.6) is 0 Å². The summed E-state index contributed by atoms with van der Waals surface area (Å²) < 4.78 is 0. The molecule has 0 amide bonds. The monoisotopic (exact) mass is 322 g/mol. The van der Waals surface area contributed by atoms with Crippen LogP contribution in [0.4, 0.5) is 0 Å². The van der Waals surface area contributed by atoms with E-state index in [1.54, 1.807) is 6.07 Å². The molecule has 0 radical (unpaired) electrons. The van der Waals surface area contributed by atoms with Crippen LogP contribution in [0.2, 0.25) is 10.0 Å². The van der Waals surface area contributed by atoms with Gasteiger partial charge in [-0.1, -0.05) is 35.3 Å². The molecule has 4 aromatic rings. The third-order valence-electron chi connectivity index (χ3n) is 3.38. The molecule has 2 aromatic carbocycles. The van der Waals surface area contributed by atoms with E-state index in [1.807, 2.05) is 18.2 Å². The third-order valence-corrected chi connectivity index (χ3v) is 3.90. The van der Waals surface area contributed by atoms with Gasteiger partial charge in [0.1, 0.15) is 5.52 Å². The summed E-state index contributed by atoms with van der Waals surface area (Å²) in [5, 5.41) is 4.61. The van der Waals surface area contributed by atoms with Crippen LogP contribution in [0.25, 0.3) is 32.8 Å². The lowest BCUT2D eigenvalue weighted by Crippen LogP contribution is -3.00. The largest absolute Gasteiger partial charge is 1.00 e. The zero-order valence-corrected chi connectivity index (χ0v) is 12.4. The number of nitrogens with one attached hydrogen (secondary N) is 2. The molecular weight excluding hydrogens is 315 g/mol. The highest BCUT2D eigenvalue weighted by molar-refractivity contribution is 6.38. The Kier molecular flexibility index (Phi) is 3.25. The first-order chi connectivity index (χ1) is 9.22. The lowest BCUT2D eigenvalue weighted by Gasteiger charge is -1.98. The second-order valence-corrected chi connectivity index (χ2v) is 5.42. The van der Waals surface area contributed by atoms with Gasteiger partial charge < -0.3 is 12.4 Å². The zero-order chi connectivity index (χ0) is 13.0. The lowest BCUT2D eigenvalue weighted by atomic mass is 10.1. The van der Waals surface area contributed by atoms with E-state index in [9.17, 15) is 0 Å². The summed E-state index contributed by atoms with van der Waals surface area (Å²) in [5.74, 6) is 0. The number of fused-ring (bicyclic) bond motifs is 4. The molecule has 0 aliphatic carbocycles. The number of benzene rings is 2. The summed E-state index contributed by atoms with van der Waals surface area (Å²) in [7, 11) is 0. The van der Waals surface area contributed by atoms with E-state index in [0.29, 0.717) is 10.0 Å². The molecule has 0 aliphatic rings. The Labute approximate surface area is 131 Å². The molecule has 2 aromatic heterocycles. The quantitative estimate of drug-likeness (QED) is 0.509. The van der Waals surface area contributed by atoms with Crippen molar-refractivity contribution in [2.75, 3.05) is 0 Å². The van der Waals surface area contributed by atoms with Crippen molar-refractivity contribution in [3.05, 3.63) is 52.5 Å². The van der Waals surface area contributed by atoms with Crippen molar-refractivity contribution in [3.8, 4) is 0 Å². The van der Waals surface area contributed by atoms with Crippen LogP contribution in [-0.2, 0) is 0 Å². The maximum atomic E-state index is 6.23. The van der Waals surface area contributed by atoms with Crippen LogP contribution in [0, 0.1) is 0 Å². The summed E-state index contributed by atoms with van der Waals surface area (Å²) >= 11 is 12.3. The van der Waals surface area contributed by atoms with Crippen molar-refractivity contribution < 1.29 is 17.4 Å². The highest BCUT2D eigenvalue weighted by atomic mass is 35.5.